The Hall–Kier alpha value is -0.390. The van der Waals surface area contributed by atoms with E-state index in [4.69, 9.17) is 5.11 Å². The van der Waals surface area contributed by atoms with Gasteiger partial charge in [0.1, 0.15) is 0 Å². The molecule has 0 heterocycles. The van der Waals surface area contributed by atoms with E-state index in [1.165, 1.54) is 0 Å². The van der Waals surface area contributed by atoms with Crippen LogP contribution in [0, 0.1) is 0 Å². The minimum atomic E-state index is -0.883. The number of carbonyl (C=O) groups is 1. The van der Waals surface area contributed by atoms with E-state index in [1.54, 1.807) is 0 Å². The highest BCUT2D eigenvalue weighted by Crippen LogP contribution is 1.99. The monoisotopic (exact) mass is 340 g/mol. The van der Waals surface area contributed by atoms with Gasteiger partial charge in [-0.25, -0.2) is 4.79 Å². The molecule has 0 aliphatic rings. The van der Waals surface area contributed by atoms with Gasteiger partial charge >= 0.3 is 5.97 Å². The van der Waals surface area contributed by atoms with Crippen LogP contribution in [-0.2, 0) is 4.79 Å². The van der Waals surface area contributed by atoms with Crippen LogP contribution in [0.15, 0.2) is 12.2 Å². The second-order valence-electron chi connectivity index (χ2n) is 3.57. The minimum absolute atomic E-state index is 0. The first kappa shape index (κ1) is 27.0. The van der Waals surface area contributed by atoms with Crippen LogP contribution in [-0.4, -0.2) is 37.3 Å². The van der Waals surface area contributed by atoms with Crippen molar-refractivity contribution >= 4 is 23.0 Å². The van der Waals surface area contributed by atoms with Crippen LogP contribution in [0.3, 0.4) is 0 Å². The zero-order chi connectivity index (χ0) is 14.8. The molecular weight excluding hydrogens is 308 g/mol. The molecule has 0 saturated heterocycles. The van der Waals surface area contributed by atoms with Crippen molar-refractivity contribution in [1.29, 1.82) is 0 Å². The largest absolute Gasteiger partial charge is 0.478 e. The molecular formula is C14H33BrN2O2. The third kappa shape index (κ3) is 38.1. The average molecular weight is 341 g/mol. The lowest BCUT2D eigenvalue weighted by Crippen LogP contribution is -2.09. The van der Waals surface area contributed by atoms with Crippen molar-refractivity contribution in [3.8, 4) is 0 Å². The molecule has 118 valence electrons. The topological polar surface area (TPSA) is 61.4 Å². The van der Waals surface area contributed by atoms with E-state index >= 15 is 0 Å². The lowest BCUT2D eigenvalue weighted by molar-refractivity contribution is -0.132. The van der Waals surface area contributed by atoms with Gasteiger partial charge in [0.25, 0.3) is 0 Å². The molecule has 0 radical (unpaired) electrons. The van der Waals surface area contributed by atoms with Crippen molar-refractivity contribution in [1.82, 2.24) is 10.6 Å². The molecule has 0 aromatic heterocycles. The molecule has 0 spiro atoms. The number of hydrogen-bond acceptors (Lipinski definition) is 3. The molecule has 0 rings (SSSR count). The summed E-state index contributed by atoms with van der Waals surface area (Å²) >= 11 is 0. The van der Waals surface area contributed by atoms with E-state index in [9.17, 15) is 4.79 Å². The number of rotatable bonds is 7. The first-order valence-corrected chi connectivity index (χ1v) is 6.83. The van der Waals surface area contributed by atoms with Crippen molar-refractivity contribution in [2.75, 3.05) is 26.2 Å². The third-order valence-electron chi connectivity index (χ3n) is 1.85. The van der Waals surface area contributed by atoms with Gasteiger partial charge < -0.3 is 15.7 Å². The van der Waals surface area contributed by atoms with E-state index in [0.29, 0.717) is 12.0 Å². The lowest BCUT2D eigenvalue weighted by Gasteiger charge is -1.92. The molecule has 0 atom stereocenters. The number of halogens is 1. The molecule has 19 heavy (non-hydrogen) atoms. The molecule has 0 bridgehead atoms. The predicted molar refractivity (Wildman–Crippen MR) is 90.4 cm³/mol. The van der Waals surface area contributed by atoms with Crippen molar-refractivity contribution in [3.63, 3.8) is 0 Å². The Kier molecular flexibility index (Phi) is 37.3. The first-order chi connectivity index (χ1) is 8.51. The zero-order valence-electron chi connectivity index (χ0n) is 13.2. The van der Waals surface area contributed by atoms with Crippen molar-refractivity contribution in [3.05, 3.63) is 12.2 Å². The van der Waals surface area contributed by atoms with Crippen LogP contribution >= 0.6 is 17.0 Å². The van der Waals surface area contributed by atoms with Gasteiger partial charge in [0.05, 0.1) is 0 Å². The summed E-state index contributed by atoms with van der Waals surface area (Å²) in [6.07, 6.45) is 1.44. The summed E-state index contributed by atoms with van der Waals surface area (Å²) in [6.45, 7) is 18.0. The normalized spacial score (nSPS) is 8.05. The molecule has 0 aliphatic carbocycles. The van der Waals surface area contributed by atoms with Crippen LogP contribution in [0.1, 0.15) is 47.5 Å². The lowest BCUT2D eigenvalue weighted by atomic mass is 10.2. The van der Waals surface area contributed by atoms with Crippen LogP contribution in [0.2, 0.25) is 0 Å². The highest BCUT2D eigenvalue weighted by atomic mass is 79.9. The van der Waals surface area contributed by atoms with Gasteiger partial charge in [-0.1, -0.05) is 47.6 Å². The fourth-order valence-electron chi connectivity index (χ4n) is 0.909. The first-order valence-electron chi connectivity index (χ1n) is 6.83. The van der Waals surface area contributed by atoms with Gasteiger partial charge in [0.15, 0.2) is 0 Å². The number of nitrogens with one attached hydrogen (secondary N) is 2. The Morgan fingerprint density at radius 1 is 0.947 bits per heavy atom. The number of aliphatic carboxylic acids is 1. The SMILES string of the molecule is Br.C=C(CCC)C(=O)O.CCNCC.CCNCC. The highest BCUT2D eigenvalue weighted by Gasteiger charge is 1.99. The number of hydrogen-bond donors (Lipinski definition) is 3. The molecule has 0 amide bonds. The Morgan fingerprint density at radius 3 is 1.32 bits per heavy atom. The molecule has 4 nitrogen and oxygen atoms in total. The molecule has 3 N–H and O–H groups in total. The highest BCUT2D eigenvalue weighted by molar-refractivity contribution is 8.93. The minimum Gasteiger partial charge on any atom is -0.478 e. The summed E-state index contributed by atoms with van der Waals surface area (Å²) < 4.78 is 0. The maximum atomic E-state index is 9.99. The van der Waals surface area contributed by atoms with Crippen molar-refractivity contribution in [2.45, 2.75) is 47.5 Å². The third-order valence-corrected chi connectivity index (χ3v) is 1.85. The second kappa shape index (κ2) is 26.2. The summed E-state index contributed by atoms with van der Waals surface area (Å²) in [6, 6.07) is 0. The van der Waals surface area contributed by atoms with Gasteiger partial charge in [0.2, 0.25) is 0 Å². The molecule has 0 aliphatic heterocycles. The van der Waals surface area contributed by atoms with Gasteiger partial charge in [-0.15, -0.1) is 17.0 Å². The fraction of sp³-hybridized carbons (Fsp3) is 0.786. The second-order valence-corrected chi connectivity index (χ2v) is 3.57. The average Bonchev–Trinajstić information content (AvgIpc) is 2.33. The summed E-state index contributed by atoms with van der Waals surface area (Å²) in [5.74, 6) is -0.883. The van der Waals surface area contributed by atoms with E-state index in [1.807, 2.05) is 6.92 Å². The van der Waals surface area contributed by atoms with Crippen LogP contribution in [0.5, 0.6) is 0 Å². The summed E-state index contributed by atoms with van der Waals surface area (Å²) in [4.78, 5) is 9.99. The maximum absolute atomic E-state index is 9.99. The zero-order valence-corrected chi connectivity index (χ0v) is 14.9. The number of carboxylic acids is 1. The molecule has 0 unspecified atom stereocenters. The Labute approximate surface area is 129 Å². The van der Waals surface area contributed by atoms with Crippen molar-refractivity contribution < 1.29 is 9.90 Å². The maximum Gasteiger partial charge on any atom is 0.330 e. The predicted octanol–water partition coefficient (Wildman–Crippen LogP) is 3.24. The molecule has 5 heteroatoms. The molecule has 0 aromatic carbocycles. The fourth-order valence-corrected chi connectivity index (χ4v) is 0.909. The molecule has 0 aromatic rings. The molecule has 0 fully saturated rings. The van der Waals surface area contributed by atoms with Gasteiger partial charge in [-0.05, 0) is 32.6 Å². The molecule has 0 saturated carbocycles. The Bertz CT molecular complexity index is 178. The Morgan fingerprint density at radius 2 is 1.26 bits per heavy atom. The number of carboxylic acid groups (broad SMARTS) is 1. The Balaban J connectivity index is -0.0000000906. The standard InChI is InChI=1S/C6H10O2.2C4H11N.BrH/c1-3-4-5(2)6(7)8;2*1-3-5-4-2;/h2-4H2,1H3,(H,7,8);2*5H,3-4H2,1-2H3;1H. The van der Waals surface area contributed by atoms with Gasteiger partial charge in [0, 0.05) is 5.57 Å². The quantitative estimate of drug-likeness (QED) is 0.622. The van der Waals surface area contributed by atoms with E-state index < -0.39 is 5.97 Å². The van der Waals surface area contributed by atoms with Crippen LogP contribution in [0.25, 0.3) is 0 Å². The van der Waals surface area contributed by atoms with Crippen LogP contribution in [0.4, 0.5) is 0 Å². The van der Waals surface area contributed by atoms with E-state index in [2.05, 4.69) is 44.9 Å². The van der Waals surface area contributed by atoms with E-state index in [-0.39, 0.29) is 17.0 Å². The smallest absolute Gasteiger partial charge is 0.330 e. The van der Waals surface area contributed by atoms with Gasteiger partial charge in [-0.3, -0.25) is 0 Å². The summed E-state index contributed by atoms with van der Waals surface area (Å²) in [7, 11) is 0. The van der Waals surface area contributed by atoms with E-state index in [0.717, 1.165) is 32.6 Å². The van der Waals surface area contributed by atoms with Crippen molar-refractivity contribution in [2.24, 2.45) is 0 Å². The summed E-state index contributed by atoms with van der Waals surface area (Å²) in [5.41, 5.74) is 0.299. The summed E-state index contributed by atoms with van der Waals surface area (Å²) in [5, 5.41) is 14.4. The van der Waals surface area contributed by atoms with Gasteiger partial charge in [-0.2, -0.15) is 0 Å². The van der Waals surface area contributed by atoms with Crippen LogP contribution < -0.4 is 10.6 Å².